The number of nitrogens with two attached hydrogens (primary N) is 2. The minimum Gasteiger partial charge on any atom is -0.461 e. The molecule has 3 fully saturated rings. The van der Waals surface area contributed by atoms with Crippen LogP contribution in [0.1, 0.15) is 37.7 Å². The Balaban J connectivity index is 0.00000124. The molecule has 0 aliphatic carbocycles. The van der Waals surface area contributed by atoms with Crippen molar-refractivity contribution >= 4 is 49.8 Å². The molecule has 2 aromatic heterocycles. The summed E-state index contributed by atoms with van der Waals surface area (Å²) >= 11 is 0.787. The highest BCUT2D eigenvalue weighted by Gasteiger charge is 2.45. The predicted octanol–water partition coefficient (Wildman–Crippen LogP) is 5.03. The van der Waals surface area contributed by atoms with E-state index in [1.165, 1.54) is 0 Å². The molecular weight excluding hydrogens is 643 g/mol. The smallest absolute Gasteiger partial charge is 0.417 e. The molecule has 3 saturated heterocycles. The lowest BCUT2D eigenvalue weighted by Gasteiger charge is -2.31. The molecular formula is C31H35F5N8O2S. The molecule has 2 aromatic carbocycles. The summed E-state index contributed by atoms with van der Waals surface area (Å²) in [5.74, 6) is -1.75. The maximum atomic E-state index is 16.8. The highest BCUT2D eigenvalue weighted by Crippen LogP contribution is 2.46. The van der Waals surface area contributed by atoms with Crippen LogP contribution in [0, 0.1) is 11.6 Å². The standard InChI is InChI=1S/C30H32F5N7OS.CH3NO/c1-40-12-7-16(14-40)41(2)26-18-13-19(30(33,34)35)21(17-5-6-20(31)25-24(17)37-27(36)44-25)22(32)23(18)38-28(39-26)43-15-29-8-3-10-42(29)11-4-9-29;2-1-3/h5-6,13,16H,3-4,7-12,14-15H2,1-2H3,(H2,36,37);1H,(H2,2,3). The number of hydrogen-bond acceptors (Lipinski definition) is 10. The van der Waals surface area contributed by atoms with Crippen molar-refractivity contribution in [1.29, 1.82) is 0 Å². The van der Waals surface area contributed by atoms with Crippen LogP contribution < -0.4 is 21.1 Å². The highest BCUT2D eigenvalue weighted by atomic mass is 32.1. The number of ether oxygens (including phenoxy) is 1. The van der Waals surface area contributed by atoms with Gasteiger partial charge in [0.15, 0.2) is 10.9 Å². The van der Waals surface area contributed by atoms with Gasteiger partial charge in [-0.05, 0) is 77.0 Å². The lowest BCUT2D eigenvalue weighted by molar-refractivity contribution is -0.137. The molecule has 0 bridgehead atoms. The van der Waals surface area contributed by atoms with Gasteiger partial charge in [-0.25, -0.2) is 13.8 Å². The Kier molecular flexibility index (Phi) is 8.86. The fourth-order valence-corrected chi connectivity index (χ4v) is 8.03. The van der Waals surface area contributed by atoms with E-state index >= 15 is 4.39 Å². The van der Waals surface area contributed by atoms with Crippen LogP contribution in [-0.4, -0.2) is 89.6 Å². The maximum absolute atomic E-state index is 16.8. The molecule has 1 amide bonds. The summed E-state index contributed by atoms with van der Waals surface area (Å²) in [6, 6.07) is 2.84. The second kappa shape index (κ2) is 12.6. The molecule has 3 aliphatic rings. The molecule has 3 aliphatic heterocycles. The van der Waals surface area contributed by atoms with E-state index in [9.17, 15) is 17.6 Å². The highest BCUT2D eigenvalue weighted by molar-refractivity contribution is 7.22. The molecule has 0 saturated carbocycles. The van der Waals surface area contributed by atoms with E-state index < -0.39 is 28.9 Å². The summed E-state index contributed by atoms with van der Waals surface area (Å²) in [5, 5.41) is -0.127. The third kappa shape index (κ3) is 6.02. The number of likely N-dealkylation sites (N-methyl/N-ethyl adjacent to an activating group) is 2. The number of fused-ring (bicyclic) bond motifs is 3. The van der Waals surface area contributed by atoms with Crippen molar-refractivity contribution < 1.29 is 31.5 Å². The third-order valence-corrected chi connectivity index (χ3v) is 10.4. The lowest BCUT2D eigenvalue weighted by Crippen LogP contribution is -2.43. The van der Waals surface area contributed by atoms with Gasteiger partial charge in [-0.1, -0.05) is 11.3 Å². The van der Waals surface area contributed by atoms with Gasteiger partial charge in [-0.2, -0.15) is 23.1 Å². The Hall–Kier alpha value is -3.89. The number of nitrogens with zero attached hydrogens (tertiary/aromatic N) is 6. The van der Waals surface area contributed by atoms with E-state index in [-0.39, 0.29) is 61.6 Å². The fraction of sp³-hybridized carbons (Fsp3) is 0.484. The van der Waals surface area contributed by atoms with Crippen LogP contribution in [0.2, 0.25) is 0 Å². The van der Waals surface area contributed by atoms with Gasteiger partial charge in [0.1, 0.15) is 23.8 Å². The number of carbonyl (C=O) groups is 1. The van der Waals surface area contributed by atoms with Crippen LogP contribution in [0.15, 0.2) is 18.2 Å². The summed E-state index contributed by atoms with van der Waals surface area (Å²) in [5.41, 5.74) is 7.15. The Morgan fingerprint density at radius 2 is 1.83 bits per heavy atom. The van der Waals surface area contributed by atoms with Crippen LogP contribution >= 0.6 is 11.3 Å². The molecule has 10 nitrogen and oxygen atoms in total. The zero-order valence-electron chi connectivity index (χ0n) is 25.9. The van der Waals surface area contributed by atoms with E-state index in [1.54, 1.807) is 11.9 Å². The molecule has 4 aromatic rings. The van der Waals surface area contributed by atoms with Crippen molar-refractivity contribution in [3.05, 3.63) is 35.4 Å². The molecule has 16 heteroatoms. The number of carbonyl (C=O) groups excluding carboxylic acids is 1. The van der Waals surface area contributed by atoms with Crippen LogP contribution in [-0.2, 0) is 11.0 Å². The monoisotopic (exact) mass is 678 g/mol. The Bertz CT molecular complexity index is 1810. The molecule has 0 spiro atoms. The Morgan fingerprint density at radius 1 is 1.13 bits per heavy atom. The number of aromatic nitrogens is 3. The van der Waals surface area contributed by atoms with Gasteiger partial charge in [0.25, 0.3) is 0 Å². The maximum Gasteiger partial charge on any atom is 0.417 e. The van der Waals surface area contributed by atoms with Gasteiger partial charge >= 0.3 is 12.2 Å². The number of hydrogen-bond donors (Lipinski definition) is 2. The quantitative estimate of drug-likeness (QED) is 0.213. The number of rotatable bonds is 6. The van der Waals surface area contributed by atoms with Crippen LogP contribution in [0.4, 0.5) is 32.9 Å². The third-order valence-electron chi connectivity index (χ3n) is 9.51. The first-order valence-corrected chi connectivity index (χ1v) is 16.1. The average Bonchev–Trinajstić information content (AvgIpc) is 3.80. The number of thiazole rings is 1. The van der Waals surface area contributed by atoms with Crippen molar-refractivity contribution in [2.75, 3.05) is 57.5 Å². The molecule has 252 valence electrons. The van der Waals surface area contributed by atoms with Crippen LogP contribution in [0.5, 0.6) is 6.01 Å². The lowest BCUT2D eigenvalue weighted by atomic mass is 9.95. The molecule has 7 rings (SSSR count). The second-order valence-electron chi connectivity index (χ2n) is 12.3. The van der Waals surface area contributed by atoms with Gasteiger partial charge < -0.3 is 26.0 Å². The first-order valence-electron chi connectivity index (χ1n) is 15.3. The largest absolute Gasteiger partial charge is 0.461 e. The summed E-state index contributed by atoms with van der Waals surface area (Å²) in [4.78, 5) is 28.0. The summed E-state index contributed by atoms with van der Waals surface area (Å²) in [7, 11) is 3.72. The van der Waals surface area contributed by atoms with Crippen LogP contribution in [0.25, 0.3) is 32.2 Å². The molecule has 4 N–H and O–H groups in total. The number of benzene rings is 2. The Morgan fingerprint density at radius 3 is 2.47 bits per heavy atom. The van der Waals surface area contributed by atoms with Crippen molar-refractivity contribution in [2.45, 2.75) is 49.9 Å². The normalized spacial score (nSPS) is 19.6. The SMILES string of the molecule is CN1CCC(N(C)c2nc(OCC34CCCN3CCC4)nc3c(F)c(-c4ccc(F)c5sc(N)nc45)c(C(F)(F)F)cc23)C1.NC=O. The minimum atomic E-state index is -4.96. The summed E-state index contributed by atoms with van der Waals surface area (Å²) in [6.45, 7) is 3.75. The first-order chi connectivity index (χ1) is 22.4. The van der Waals surface area contributed by atoms with Gasteiger partial charge in [-0.15, -0.1) is 0 Å². The number of nitrogen functional groups attached to an aromatic ring is 1. The van der Waals surface area contributed by atoms with Crippen molar-refractivity contribution in [3.8, 4) is 17.1 Å². The van der Waals surface area contributed by atoms with Crippen LogP contribution in [0.3, 0.4) is 0 Å². The number of alkyl halides is 3. The van der Waals surface area contributed by atoms with Crippen molar-refractivity contribution in [1.82, 2.24) is 24.8 Å². The van der Waals surface area contributed by atoms with E-state index in [0.717, 1.165) is 81.3 Å². The number of anilines is 2. The average molecular weight is 679 g/mol. The molecule has 47 heavy (non-hydrogen) atoms. The molecule has 0 radical (unpaired) electrons. The number of halogens is 5. The predicted molar refractivity (Wildman–Crippen MR) is 170 cm³/mol. The zero-order valence-corrected chi connectivity index (χ0v) is 26.7. The number of amides is 1. The summed E-state index contributed by atoms with van der Waals surface area (Å²) < 4.78 is 81.7. The van der Waals surface area contributed by atoms with E-state index in [4.69, 9.17) is 15.3 Å². The van der Waals surface area contributed by atoms with Crippen molar-refractivity contribution in [3.63, 3.8) is 0 Å². The van der Waals surface area contributed by atoms with Gasteiger partial charge in [0.05, 0.1) is 21.3 Å². The summed E-state index contributed by atoms with van der Waals surface area (Å²) in [6.07, 6.45) is 0.0866. The zero-order chi connectivity index (χ0) is 33.7. The van der Waals surface area contributed by atoms with Gasteiger partial charge in [0, 0.05) is 36.1 Å². The van der Waals surface area contributed by atoms with Gasteiger partial charge in [0.2, 0.25) is 6.41 Å². The van der Waals surface area contributed by atoms with E-state index in [0.29, 0.717) is 13.2 Å². The number of likely N-dealkylation sites (tertiary alicyclic amines) is 1. The minimum absolute atomic E-state index is 0.0446. The molecule has 5 heterocycles. The Labute approximate surface area is 271 Å². The van der Waals surface area contributed by atoms with Gasteiger partial charge in [-0.3, -0.25) is 9.69 Å². The first kappa shape index (κ1) is 33.0. The second-order valence-corrected chi connectivity index (χ2v) is 13.4. The topological polar surface area (TPSA) is 127 Å². The van der Waals surface area contributed by atoms with E-state index in [1.807, 2.05) is 7.05 Å². The molecule has 1 atom stereocenters. The van der Waals surface area contributed by atoms with E-state index in [2.05, 4.69) is 30.5 Å². The number of primary amides is 1. The van der Waals surface area contributed by atoms with Crippen molar-refractivity contribution in [2.24, 2.45) is 5.73 Å². The molecule has 1 unspecified atom stereocenters. The fourth-order valence-electron chi connectivity index (χ4n) is 7.27.